The summed E-state index contributed by atoms with van der Waals surface area (Å²) in [6.45, 7) is 0. The summed E-state index contributed by atoms with van der Waals surface area (Å²) in [5, 5.41) is 11.3. The van der Waals surface area contributed by atoms with Gasteiger partial charge in [0.15, 0.2) is 0 Å². The van der Waals surface area contributed by atoms with Crippen LogP contribution in [-0.4, -0.2) is 34.9 Å². The number of hydrogen-bond donors (Lipinski definition) is 1. The number of aliphatic hydroxyl groups is 1. The van der Waals surface area contributed by atoms with Crippen molar-refractivity contribution in [1.82, 2.24) is 4.98 Å². The van der Waals surface area contributed by atoms with Crippen LogP contribution in [0.4, 0.5) is 5.69 Å². The van der Waals surface area contributed by atoms with E-state index >= 15 is 0 Å². The molecular formula is C29H28N2O4. The molecule has 1 saturated heterocycles. The summed E-state index contributed by atoms with van der Waals surface area (Å²) in [5.41, 5.74) is 3.38. The minimum absolute atomic E-state index is 0.106. The number of carbonyl (C=O) groups excluding carboxylic acids is 2. The summed E-state index contributed by atoms with van der Waals surface area (Å²) in [4.78, 5) is 32.4. The van der Waals surface area contributed by atoms with Crippen molar-refractivity contribution >= 4 is 23.1 Å². The van der Waals surface area contributed by atoms with E-state index in [0.29, 0.717) is 17.0 Å². The number of rotatable bonds is 5. The number of anilines is 1. The number of Topliss-reactive ketones (excluding diaryl/α,β-unsaturated/α-hetero) is 1. The lowest BCUT2D eigenvalue weighted by Crippen LogP contribution is -2.40. The quantitative estimate of drug-likeness (QED) is 0.300. The van der Waals surface area contributed by atoms with Gasteiger partial charge in [0.25, 0.3) is 11.7 Å². The molecular weight excluding hydrogens is 440 g/mol. The number of benzene rings is 2. The van der Waals surface area contributed by atoms with Crippen LogP contribution in [-0.2, 0) is 9.59 Å². The Morgan fingerprint density at radius 3 is 2.14 bits per heavy atom. The Morgan fingerprint density at radius 2 is 1.51 bits per heavy atom. The fourth-order valence-electron chi connectivity index (χ4n) is 5.30. The van der Waals surface area contributed by atoms with Crippen molar-refractivity contribution in [3.05, 3.63) is 84.2 Å². The molecule has 1 aromatic heterocycles. The fourth-order valence-corrected chi connectivity index (χ4v) is 5.30. The first kappa shape index (κ1) is 22.8. The third-order valence-corrected chi connectivity index (χ3v) is 7.11. The second-order valence-corrected chi connectivity index (χ2v) is 9.12. The van der Waals surface area contributed by atoms with E-state index < -0.39 is 17.7 Å². The number of aliphatic hydroxyl groups excluding tert-OH is 1. The molecule has 178 valence electrons. The van der Waals surface area contributed by atoms with Crippen LogP contribution in [0.15, 0.2) is 78.6 Å². The molecule has 0 radical (unpaired) electrons. The zero-order chi connectivity index (χ0) is 24.4. The second kappa shape index (κ2) is 9.74. The molecule has 1 N–H and O–H groups in total. The predicted octanol–water partition coefficient (Wildman–Crippen LogP) is 5.59. The Hall–Kier alpha value is -3.93. The Balaban J connectivity index is 1.57. The summed E-state index contributed by atoms with van der Waals surface area (Å²) in [6, 6.07) is 17.9. The van der Waals surface area contributed by atoms with Gasteiger partial charge in [0.2, 0.25) is 0 Å². The summed E-state index contributed by atoms with van der Waals surface area (Å²) < 4.78 is 5.21. The Morgan fingerprint density at radius 1 is 0.886 bits per heavy atom. The van der Waals surface area contributed by atoms with Gasteiger partial charge in [0.05, 0.1) is 18.7 Å². The average Bonchev–Trinajstić information content (AvgIpc) is 3.19. The van der Waals surface area contributed by atoms with Crippen LogP contribution in [0.3, 0.4) is 0 Å². The normalized spacial score (nSPS) is 20.3. The SMILES string of the molecule is COc1ccc(C(O)=C2C(=O)C(=O)N(c3ccc(-c4ccncc4)cc3)C2C2CCCCC2)cc1. The van der Waals surface area contributed by atoms with Crippen LogP contribution in [0.5, 0.6) is 5.75 Å². The molecule has 1 atom stereocenters. The van der Waals surface area contributed by atoms with Gasteiger partial charge in [-0.1, -0.05) is 31.4 Å². The largest absolute Gasteiger partial charge is 0.507 e. The standard InChI is InChI=1S/C29H28N2O4/c1-35-24-13-9-22(10-14-24)27(32)25-26(21-5-3-2-4-6-21)31(29(34)28(25)33)23-11-7-19(8-12-23)20-15-17-30-18-16-20/h7-18,21,26,32H,2-6H2,1H3. The minimum Gasteiger partial charge on any atom is -0.507 e. The highest BCUT2D eigenvalue weighted by Gasteiger charge is 2.49. The van der Waals surface area contributed by atoms with Crippen molar-refractivity contribution in [3.63, 3.8) is 0 Å². The monoisotopic (exact) mass is 468 g/mol. The van der Waals surface area contributed by atoms with Gasteiger partial charge in [0.1, 0.15) is 11.5 Å². The molecule has 2 aliphatic rings. The Bertz CT molecular complexity index is 1240. The zero-order valence-electron chi connectivity index (χ0n) is 19.7. The van der Waals surface area contributed by atoms with Gasteiger partial charge in [-0.3, -0.25) is 19.5 Å². The Kier molecular flexibility index (Phi) is 6.36. The number of hydrogen-bond acceptors (Lipinski definition) is 5. The molecule has 2 fully saturated rings. The van der Waals surface area contributed by atoms with Crippen molar-refractivity contribution in [2.45, 2.75) is 38.1 Å². The van der Waals surface area contributed by atoms with Crippen molar-refractivity contribution < 1.29 is 19.4 Å². The first-order chi connectivity index (χ1) is 17.1. The Labute approximate surface area is 204 Å². The molecule has 1 saturated carbocycles. The average molecular weight is 469 g/mol. The third-order valence-electron chi connectivity index (χ3n) is 7.11. The number of nitrogens with zero attached hydrogens (tertiary/aromatic N) is 2. The molecule has 1 unspecified atom stereocenters. The number of ether oxygens (including phenoxy) is 1. The van der Waals surface area contributed by atoms with Crippen LogP contribution >= 0.6 is 0 Å². The molecule has 1 aliphatic carbocycles. The van der Waals surface area contributed by atoms with Crippen LogP contribution < -0.4 is 9.64 Å². The highest BCUT2D eigenvalue weighted by molar-refractivity contribution is 6.51. The van der Waals surface area contributed by atoms with E-state index in [1.54, 1.807) is 48.7 Å². The minimum atomic E-state index is -0.632. The lowest BCUT2D eigenvalue weighted by Gasteiger charge is -2.34. The topological polar surface area (TPSA) is 79.7 Å². The predicted molar refractivity (Wildman–Crippen MR) is 135 cm³/mol. The molecule has 0 bridgehead atoms. The number of aromatic nitrogens is 1. The van der Waals surface area contributed by atoms with E-state index in [1.165, 1.54) is 0 Å². The first-order valence-electron chi connectivity index (χ1n) is 12.0. The van der Waals surface area contributed by atoms with Gasteiger partial charge in [-0.15, -0.1) is 0 Å². The summed E-state index contributed by atoms with van der Waals surface area (Å²) in [7, 11) is 1.57. The molecule has 0 spiro atoms. The van der Waals surface area contributed by atoms with Crippen molar-refractivity contribution in [1.29, 1.82) is 0 Å². The molecule has 5 rings (SSSR count). The summed E-state index contributed by atoms with van der Waals surface area (Å²) in [5.74, 6) is -0.591. The third kappa shape index (κ3) is 4.32. The van der Waals surface area contributed by atoms with Gasteiger partial charge in [-0.2, -0.15) is 0 Å². The maximum atomic E-state index is 13.4. The molecule has 1 aliphatic heterocycles. The van der Waals surface area contributed by atoms with Crippen molar-refractivity contribution in [3.8, 4) is 16.9 Å². The molecule has 6 heteroatoms. The van der Waals surface area contributed by atoms with E-state index in [4.69, 9.17) is 4.74 Å². The fraction of sp³-hybridized carbons (Fsp3) is 0.276. The molecule has 2 aromatic carbocycles. The highest BCUT2D eigenvalue weighted by atomic mass is 16.5. The van der Waals surface area contributed by atoms with E-state index in [0.717, 1.165) is 43.2 Å². The lowest BCUT2D eigenvalue weighted by atomic mass is 9.80. The molecule has 3 aromatic rings. The molecule has 1 amide bonds. The van der Waals surface area contributed by atoms with Crippen LogP contribution in [0.2, 0.25) is 0 Å². The maximum Gasteiger partial charge on any atom is 0.299 e. The maximum absolute atomic E-state index is 13.4. The lowest BCUT2D eigenvalue weighted by molar-refractivity contribution is -0.132. The molecule has 2 heterocycles. The van der Waals surface area contributed by atoms with Crippen molar-refractivity contribution in [2.75, 3.05) is 12.0 Å². The first-order valence-corrected chi connectivity index (χ1v) is 12.0. The van der Waals surface area contributed by atoms with Crippen molar-refractivity contribution in [2.24, 2.45) is 5.92 Å². The van der Waals surface area contributed by atoms with Gasteiger partial charge in [-0.25, -0.2) is 0 Å². The van der Waals surface area contributed by atoms with Crippen LogP contribution in [0.1, 0.15) is 37.7 Å². The van der Waals surface area contributed by atoms with E-state index in [2.05, 4.69) is 4.98 Å². The van der Waals surface area contributed by atoms with Crippen LogP contribution in [0.25, 0.3) is 16.9 Å². The van der Waals surface area contributed by atoms with Gasteiger partial charge in [-0.05, 0) is 78.4 Å². The zero-order valence-corrected chi connectivity index (χ0v) is 19.7. The molecule has 35 heavy (non-hydrogen) atoms. The summed E-state index contributed by atoms with van der Waals surface area (Å²) >= 11 is 0. The number of pyridine rings is 1. The van der Waals surface area contributed by atoms with Gasteiger partial charge < -0.3 is 9.84 Å². The van der Waals surface area contributed by atoms with Gasteiger partial charge in [0, 0.05) is 23.6 Å². The van der Waals surface area contributed by atoms with Gasteiger partial charge >= 0.3 is 0 Å². The highest BCUT2D eigenvalue weighted by Crippen LogP contribution is 2.41. The number of amides is 1. The second-order valence-electron chi connectivity index (χ2n) is 9.12. The van der Waals surface area contributed by atoms with E-state index in [1.807, 2.05) is 36.4 Å². The van der Waals surface area contributed by atoms with E-state index in [-0.39, 0.29) is 17.3 Å². The number of ketones is 1. The smallest absolute Gasteiger partial charge is 0.299 e. The number of methoxy groups -OCH3 is 1. The molecule has 6 nitrogen and oxygen atoms in total. The summed E-state index contributed by atoms with van der Waals surface area (Å²) in [6.07, 6.45) is 8.56. The van der Waals surface area contributed by atoms with E-state index in [9.17, 15) is 14.7 Å². The van der Waals surface area contributed by atoms with Crippen LogP contribution in [0, 0.1) is 5.92 Å². The number of carbonyl (C=O) groups is 2.